The molecule has 130 valence electrons. The van der Waals surface area contributed by atoms with Gasteiger partial charge in [-0.15, -0.1) is 0 Å². The first-order valence-corrected chi connectivity index (χ1v) is 10.2. The first-order chi connectivity index (χ1) is 10.9. The van der Waals surface area contributed by atoms with E-state index in [1.807, 2.05) is 0 Å². The standard InChI is InChI=1S/C21H35NO/c1-5-14-6-8-16-15-7-9-18-21(3,13-11-19(23)22(18)4)17(15)10-12-20(14,16)2/h14-18H,5-13H2,1-4H3/t14-,15?,16?,17?,18?,20+,21+/m0/s1. The van der Waals surface area contributed by atoms with Crippen molar-refractivity contribution >= 4 is 5.91 Å². The Bertz CT molecular complexity index is 502. The number of carbonyl (C=O) groups is 1. The summed E-state index contributed by atoms with van der Waals surface area (Å²) in [6, 6.07) is 0.512. The fourth-order valence-corrected chi connectivity index (χ4v) is 7.93. The summed E-state index contributed by atoms with van der Waals surface area (Å²) in [7, 11) is 2.07. The van der Waals surface area contributed by atoms with Crippen molar-refractivity contribution in [2.45, 2.75) is 84.6 Å². The molecule has 3 aliphatic carbocycles. The highest BCUT2D eigenvalue weighted by Crippen LogP contribution is 2.66. The molecule has 4 rings (SSSR count). The lowest BCUT2D eigenvalue weighted by Gasteiger charge is -2.61. The largest absolute Gasteiger partial charge is 0.342 e. The Morgan fingerprint density at radius 1 is 1.00 bits per heavy atom. The van der Waals surface area contributed by atoms with Gasteiger partial charge in [0.05, 0.1) is 0 Å². The molecule has 4 unspecified atom stereocenters. The second-order valence-corrected chi connectivity index (χ2v) is 9.71. The van der Waals surface area contributed by atoms with Crippen LogP contribution in [0, 0.1) is 34.5 Å². The summed E-state index contributed by atoms with van der Waals surface area (Å²) < 4.78 is 0. The summed E-state index contributed by atoms with van der Waals surface area (Å²) >= 11 is 0. The second-order valence-electron chi connectivity index (χ2n) is 9.71. The number of hydrogen-bond acceptors (Lipinski definition) is 1. The van der Waals surface area contributed by atoms with Gasteiger partial charge in [-0.3, -0.25) is 4.79 Å². The zero-order chi connectivity index (χ0) is 16.4. The van der Waals surface area contributed by atoms with E-state index in [4.69, 9.17) is 0 Å². The maximum absolute atomic E-state index is 12.2. The van der Waals surface area contributed by atoms with Gasteiger partial charge in [0.25, 0.3) is 0 Å². The van der Waals surface area contributed by atoms with Crippen LogP contribution in [0.4, 0.5) is 0 Å². The lowest BCUT2D eigenvalue weighted by Crippen LogP contribution is -2.61. The fraction of sp³-hybridized carbons (Fsp3) is 0.952. The predicted octanol–water partition coefficient (Wildman–Crippen LogP) is 4.88. The lowest BCUT2D eigenvalue weighted by atomic mass is 9.47. The maximum atomic E-state index is 12.2. The van der Waals surface area contributed by atoms with E-state index < -0.39 is 0 Å². The Balaban J connectivity index is 1.64. The molecule has 2 nitrogen and oxygen atoms in total. The molecule has 1 saturated heterocycles. The molecule has 7 atom stereocenters. The Morgan fingerprint density at radius 3 is 2.48 bits per heavy atom. The van der Waals surface area contributed by atoms with Crippen molar-refractivity contribution in [3.05, 3.63) is 0 Å². The number of fused-ring (bicyclic) bond motifs is 5. The van der Waals surface area contributed by atoms with E-state index in [0.29, 0.717) is 22.8 Å². The molecule has 1 amide bonds. The molecule has 2 heteroatoms. The third kappa shape index (κ3) is 2.02. The number of likely N-dealkylation sites (tertiary alicyclic amines) is 1. The summed E-state index contributed by atoms with van der Waals surface area (Å²) in [5.74, 6) is 4.12. The van der Waals surface area contributed by atoms with E-state index in [1.165, 1.54) is 44.9 Å². The topological polar surface area (TPSA) is 20.3 Å². The molecule has 0 radical (unpaired) electrons. The van der Waals surface area contributed by atoms with Crippen molar-refractivity contribution < 1.29 is 4.79 Å². The lowest BCUT2D eigenvalue weighted by molar-refractivity contribution is -0.158. The molecular weight excluding hydrogens is 282 g/mol. The van der Waals surface area contributed by atoms with Gasteiger partial charge in [0.15, 0.2) is 0 Å². The van der Waals surface area contributed by atoms with Gasteiger partial charge in [-0.1, -0.05) is 27.2 Å². The number of nitrogens with zero attached hydrogens (tertiary/aromatic N) is 1. The smallest absolute Gasteiger partial charge is 0.222 e. The molecule has 1 heterocycles. The number of hydrogen-bond donors (Lipinski definition) is 0. The third-order valence-corrected chi connectivity index (χ3v) is 9.25. The molecule has 4 fully saturated rings. The summed E-state index contributed by atoms with van der Waals surface area (Å²) in [6.07, 6.45) is 11.7. The van der Waals surface area contributed by atoms with Crippen LogP contribution in [0.25, 0.3) is 0 Å². The van der Waals surface area contributed by atoms with Crippen molar-refractivity contribution in [2.75, 3.05) is 7.05 Å². The monoisotopic (exact) mass is 317 g/mol. The average molecular weight is 318 g/mol. The Morgan fingerprint density at radius 2 is 1.74 bits per heavy atom. The van der Waals surface area contributed by atoms with E-state index in [-0.39, 0.29) is 0 Å². The highest BCUT2D eigenvalue weighted by atomic mass is 16.2. The van der Waals surface area contributed by atoms with Crippen LogP contribution in [-0.4, -0.2) is 23.9 Å². The van der Waals surface area contributed by atoms with Crippen molar-refractivity contribution in [1.82, 2.24) is 4.90 Å². The van der Waals surface area contributed by atoms with Gasteiger partial charge >= 0.3 is 0 Å². The molecule has 0 spiro atoms. The molecule has 1 aliphatic heterocycles. The van der Waals surface area contributed by atoms with E-state index >= 15 is 0 Å². The van der Waals surface area contributed by atoms with Crippen molar-refractivity contribution in [3.8, 4) is 0 Å². The van der Waals surface area contributed by atoms with E-state index in [0.717, 1.165) is 36.5 Å². The van der Waals surface area contributed by atoms with Crippen LogP contribution in [0.3, 0.4) is 0 Å². The minimum Gasteiger partial charge on any atom is -0.342 e. The fourth-order valence-electron chi connectivity index (χ4n) is 7.93. The van der Waals surface area contributed by atoms with Crippen LogP contribution in [-0.2, 0) is 4.79 Å². The van der Waals surface area contributed by atoms with Crippen LogP contribution < -0.4 is 0 Å². The summed E-state index contributed by atoms with van der Waals surface area (Å²) in [5, 5.41) is 0. The quantitative estimate of drug-likeness (QED) is 0.675. The highest BCUT2D eigenvalue weighted by molar-refractivity contribution is 5.77. The predicted molar refractivity (Wildman–Crippen MR) is 94.0 cm³/mol. The minimum absolute atomic E-state index is 0.386. The number of rotatable bonds is 1. The van der Waals surface area contributed by atoms with Gasteiger partial charge in [-0.05, 0) is 79.4 Å². The average Bonchev–Trinajstić information content (AvgIpc) is 2.88. The first kappa shape index (κ1) is 16.0. The van der Waals surface area contributed by atoms with E-state index in [1.54, 1.807) is 0 Å². The van der Waals surface area contributed by atoms with Crippen LogP contribution >= 0.6 is 0 Å². The number of carbonyl (C=O) groups excluding carboxylic acids is 1. The number of piperidine rings is 1. The van der Waals surface area contributed by atoms with E-state index in [2.05, 4.69) is 32.7 Å². The SMILES string of the molecule is CC[C@H]1CCC2C3CCC4N(C)C(=O)CC[C@]4(C)C3CC[C@@]21C. The Hall–Kier alpha value is -0.530. The molecule has 0 aromatic heterocycles. The van der Waals surface area contributed by atoms with Gasteiger partial charge in [0.1, 0.15) is 0 Å². The van der Waals surface area contributed by atoms with Crippen molar-refractivity contribution in [1.29, 1.82) is 0 Å². The normalized spacial score (nSPS) is 52.8. The van der Waals surface area contributed by atoms with Crippen LogP contribution in [0.2, 0.25) is 0 Å². The van der Waals surface area contributed by atoms with Crippen molar-refractivity contribution in [3.63, 3.8) is 0 Å². The second kappa shape index (κ2) is 5.23. The van der Waals surface area contributed by atoms with Crippen LogP contribution in [0.15, 0.2) is 0 Å². The van der Waals surface area contributed by atoms with E-state index in [9.17, 15) is 4.79 Å². The number of amides is 1. The summed E-state index contributed by atoms with van der Waals surface area (Å²) in [6.45, 7) is 7.57. The molecule has 23 heavy (non-hydrogen) atoms. The molecule has 3 saturated carbocycles. The van der Waals surface area contributed by atoms with Gasteiger partial charge in [-0.2, -0.15) is 0 Å². The first-order valence-electron chi connectivity index (χ1n) is 10.2. The zero-order valence-electron chi connectivity index (χ0n) is 15.6. The molecular formula is C21H35NO. The molecule has 0 bridgehead atoms. The molecule has 0 aromatic carbocycles. The van der Waals surface area contributed by atoms with Gasteiger partial charge in [0, 0.05) is 19.5 Å². The van der Waals surface area contributed by atoms with Gasteiger partial charge in [0.2, 0.25) is 5.91 Å². The zero-order valence-corrected chi connectivity index (χ0v) is 15.6. The Labute approximate surface area is 142 Å². The van der Waals surface area contributed by atoms with Gasteiger partial charge in [-0.25, -0.2) is 0 Å². The highest BCUT2D eigenvalue weighted by Gasteiger charge is 2.60. The minimum atomic E-state index is 0.386. The summed E-state index contributed by atoms with van der Waals surface area (Å²) in [4.78, 5) is 14.3. The maximum Gasteiger partial charge on any atom is 0.222 e. The molecule has 4 aliphatic rings. The molecule has 0 N–H and O–H groups in total. The summed E-state index contributed by atoms with van der Waals surface area (Å²) in [5.41, 5.74) is 1.01. The Kier molecular flexibility index (Phi) is 3.63. The third-order valence-electron chi connectivity index (χ3n) is 9.25. The molecule has 0 aromatic rings. The van der Waals surface area contributed by atoms with Crippen LogP contribution in [0.5, 0.6) is 0 Å². The van der Waals surface area contributed by atoms with Crippen molar-refractivity contribution in [2.24, 2.45) is 34.5 Å². The van der Waals surface area contributed by atoms with Gasteiger partial charge < -0.3 is 4.90 Å². The van der Waals surface area contributed by atoms with Crippen LogP contribution in [0.1, 0.15) is 78.6 Å².